The summed E-state index contributed by atoms with van der Waals surface area (Å²) in [5.41, 5.74) is 1.85. The van der Waals surface area contributed by atoms with E-state index in [1.54, 1.807) is 13.8 Å². The maximum absolute atomic E-state index is 12.6. The molecule has 0 heterocycles. The molecule has 1 nitrogen and oxygen atoms in total. The zero-order chi connectivity index (χ0) is 15.7. The average molecular weight is 283 g/mol. The Balaban J connectivity index is 3.16. The summed E-state index contributed by atoms with van der Waals surface area (Å²) in [7, 11) is 0. The smallest absolute Gasteiger partial charge is 0.258 e. The van der Waals surface area contributed by atoms with E-state index >= 15 is 0 Å². The molecule has 0 atom stereocenters. The summed E-state index contributed by atoms with van der Waals surface area (Å²) in [5, 5.41) is 0. The molecule has 0 unspecified atom stereocenters. The number of aliphatic imine (C=N–C) groups is 1. The second kappa shape index (κ2) is 5.43. The molecule has 0 spiro atoms. The van der Waals surface area contributed by atoms with Gasteiger partial charge in [0.1, 0.15) is 0 Å². The van der Waals surface area contributed by atoms with E-state index in [-0.39, 0.29) is 5.41 Å². The maximum Gasteiger partial charge on any atom is 0.416 e. The third kappa shape index (κ3) is 3.95. The van der Waals surface area contributed by atoms with Gasteiger partial charge in [-0.15, -0.1) is 0 Å². The monoisotopic (exact) mass is 283 g/mol. The lowest BCUT2D eigenvalue weighted by Crippen LogP contribution is -2.10. The molecular formula is C16H20F3N. The summed E-state index contributed by atoms with van der Waals surface area (Å²) in [6.45, 7) is 13.3. The maximum atomic E-state index is 12.6. The van der Waals surface area contributed by atoms with Crippen LogP contribution in [0.25, 0.3) is 0 Å². The number of halogens is 3. The molecule has 0 saturated heterocycles. The van der Waals surface area contributed by atoms with Gasteiger partial charge in [0.25, 0.3) is 0 Å². The fourth-order valence-corrected chi connectivity index (χ4v) is 1.68. The van der Waals surface area contributed by atoms with Crippen molar-refractivity contribution >= 4 is 5.71 Å². The highest BCUT2D eigenvalue weighted by Gasteiger charge is 2.30. The number of hydrogen-bond acceptors (Lipinski definition) is 1. The summed E-state index contributed by atoms with van der Waals surface area (Å²) in [5.74, 6) is 0. The van der Waals surface area contributed by atoms with Crippen LogP contribution >= 0.6 is 0 Å². The molecule has 0 saturated carbocycles. The first-order chi connectivity index (χ1) is 8.93. The second-order valence-electron chi connectivity index (χ2n) is 5.92. The zero-order valence-electron chi connectivity index (χ0n) is 12.5. The lowest BCUT2D eigenvalue weighted by atomic mass is 9.93. The Morgan fingerprint density at radius 1 is 1.15 bits per heavy atom. The van der Waals surface area contributed by atoms with E-state index in [0.29, 0.717) is 22.5 Å². The van der Waals surface area contributed by atoms with Crippen molar-refractivity contribution in [1.29, 1.82) is 0 Å². The zero-order valence-corrected chi connectivity index (χ0v) is 12.5. The van der Waals surface area contributed by atoms with Crippen molar-refractivity contribution in [3.05, 3.63) is 47.2 Å². The largest absolute Gasteiger partial charge is 0.416 e. The second-order valence-corrected chi connectivity index (χ2v) is 5.92. The molecule has 0 N–H and O–H groups in total. The van der Waals surface area contributed by atoms with Gasteiger partial charge < -0.3 is 0 Å². The van der Waals surface area contributed by atoms with Gasteiger partial charge in [0.2, 0.25) is 0 Å². The average Bonchev–Trinajstić information content (AvgIpc) is 2.25. The van der Waals surface area contributed by atoms with Crippen LogP contribution in [0.3, 0.4) is 0 Å². The number of nitrogens with zero attached hydrogens (tertiary/aromatic N) is 1. The number of hydrogen-bond donors (Lipinski definition) is 0. The summed E-state index contributed by atoms with van der Waals surface area (Å²) in [6, 6.07) is 3.70. The minimum Gasteiger partial charge on any atom is -0.258 e. The van der Waals surface area contributed by atoms with Crippen molar-refractivity contribution in [2.45, 2.75) is 40.8 Å². The van der Waals surface area contributed by atoms with Gasteiger partial charge in [0.05, 0.1) is 5.56 Å². The Bertz CT molecular complexity index is 546. The van der Waals surface area contributed by atoms with Crippen LogP contribution in [0, 0.1) is 12.3 Å². The molecule has 0 radical (unpaired) electrons. The fourth-order valence-electron chi connectivity index (χ4n) is 1.68. The van der Waals surface area contributed by atoms with Crippen LogP contribution in [0.5, 0.6) is 0 Å². The van der Waals surface area contributed by atoms with Crippen molar-refractivity contribution in [2.75, 3.05) is 0 Å². The standard InChI is InChI=1S/C16H20F3N/c1-10-9-13(16(17,18)19)7-8-14(10)11(2)20-12(3)15(4,5)6/h7-9H,3H2,1-2,4-6H3. The summed E-state index contributed by atoms with van der Waals surface area (Å²) in [4.78, 5) is 4.41. The topological polar surface area (TPSA) is 12.4 Å². The molecule has 0 fully saturated rings. The molecule has 1 rings (SSSR count). The minimum absolute atomic E-state index is 0.166. The Kier molecular flexibility index (Phi) is 4.47. The van der Waals surface area contributed by atoms with Crippen molar-refractivity contribution in [3.63, 3.8) is 0 Å². The van der Waals surface area contributed by atoms with Crippen LogP contribution in [0.4, 0.5) is 13.2 Å². The van der Waals surface area contributed by atoms with Crippen LogP contribution in [-0.4, -0.2) is 5.71 Å². The minimum atomic E-state index is -4.32. The molecule has 4 heteroatoms. The Morgan fingerprint density at radius 3 is 2.10 bits per heavy atom. The first kappa shape index (κ1) is 16.5. The molecular weight excluding hydrogens is 263 g/mol. The van der Waals surface area contributed by atoms with E-state index in [9.17, 15) is 13.2 Å². The van der Waals surface area contributed by atoms with Gasteiger partial charge in [0.15, 0.2) is 0 Å². The van der Waals surface area contributed by atoms with Crippen LogP contribution in [0.1, 0.15) is 44.4 Å². The van der Waals surface area contributed by atoms with E-state index in [2.05, 4.69) is 11.6 Å². The first-order valence-corrected chi connectivity index (χ1v) is 6.36. The van der Waals surface area contributed by atoms with Crippen LogP contribution < -0.4 is 0 Å². The summed E-state index contributed by atoms with van der Waals surface area (Å²) < 4.78 is 37.9. The van der Waals surface area contributed by atoms with E-state index in [4.69, 9.17) is 0 Å². The Labute approximate surface area is 118 Å². The summed E-state index contributed by atoms with van der Waals surface area (Å²) in [6.07, 6.45) is -4.32. The molecule has 1 aromatic rings. The van der Waals surface area contributed by atoms with Crippen LogP contribution in [0.15, 0.2) is 35.5 Å². The van der Waals surface area contributed by atoms with Crippen molar-refractivity contribution < 1.29 is 13.2 Å². The third-order valence-electron chi connectivity index (χ3n) is 3.11. The van der Waals surface area contributed by atoms with Crippen LogP contribution in [-0.2, 0) is 6.18 Å². The highest BCUT2D eigenvalue weighted by atomic mass is 19.4. The molecule has 0 bridgehead atoms. The molecule has 0 aliphatic carbocycles. The lowest BCUT2D eigenvalue weighted by Gasteiger charge is -2.19. The van der Waals surface area contributed by atoms with Gasteiger partial charge >= 0.3 is 6.18 Å². The van der Waals surface area contributed by atoms with E-state index in [1.807, 2.05) is 20.8 Å². The van der Waals surface area contributed by atoms with Crippen molar-refractivity contribution in [2.24, 2.45) is 10.4 Å². The molecule has 20 heavy (non-hydrogen) atoms. The van der Waals surface area contributed by atoms with Crippen LogP contribution in [0.2, 0.25) is 0 Å². The Morgan fingerprint density at radius 2 is 1.70 bits per heavy atom. The van der Waals surface area contributed by atoms with Gasteiger partial charge in [-0.1, -0.05) is 33.4 Å². The number of rotatable bonds is 2. The van der Waals surface area contributed by atoms with Gasteiger partial charge in [-0.05, 0) is 37.1 Å². The number of alkyl halides is 3. The molecule has 1 aromatic carbocycles. The predicted octanol–water partition coefficient (Wildman–Crippen LogP) is 5.38. The van der Waals surface area contributed by atoms with E-state index in [1.165, 1.54) is 6.07 Å². The van der Waals surface area contributed by atoms with E-state index < -0.39 is 11.7 Å². The number of aryl methyl sites for hydroxylation is 1. The molecule has 110 valence electrons. The number of benzene rings is 1. The van der Waals surface area contributed by atoms with Gasteiger partial charge in [-0.2, -0.15) is 13.2 Å². The SMILES string of the molecule is C=C(N=C(C)c1ccc(C(F)(F)F)cc1C)C(C)(C)C. The molecule has 0 aromatic heterocycles. The highest BCUT2D eigenvalue weighted by molar-refractivity contribution is 6.00. The van der Waals surface area contributed by atoms with Gasteiger partial charge in [-0.3, -0.25) is 4.99 Å². The fraction of sp³-hybridized carbons (Fsp3) is 0.438. The third-order valence-corrected chi connectivity index (χ3v) is 3.11. The predicted molar refractivity (Wildman–Crippen MR) is 77.0 cm³/mol. The van der Waals surface area contributed by atoms with Crippen molar-refractivity contribution in [1.82, 2.24) is 0 Å². The highest BCUT2D eigenvalue weighted by Crippen LogP contribution is 2.31. The molecule has 0 aliphatic rings. The van der Waals surface area contributed by atoms with Crippen molar-refractivity contribution in [3.8, 4) is 0 Å². The lowest BCUT2D eigenvalue weighted by molar-refractivity contribution is -0.137. The molecule has 0 amide bonds. The quantitative estimate of drug-likeness (QED) is 0.646. The van der Waals surface area contributed by atoms with Gasteiger partial charge in [0, 0.05) is 16.8 Å². The summed E-state index contributed by atoms with van der Waals surface area (Å²) >= 11 is 0. The normalized spacial score (nSPS) is 13.5. The van der Waals surface area contributed by atoms with Gasteiger partial charge in [-0.25, -0.2) is 0 Å². The Hall–Kier alpha value is -1.58. The van der Waals surface area contributed by atoms with E-state index in [0.717, 1.165) is 12.1 Å². The molecule has 0 aliphatic heterocycles. The first-order valence-electron chi connectivity index (χ1n) is 6.36. The number of allylic oxidation sites excluding steroid dienone is 1.